The molecule has 0 saturated carbocycles. The molecule has 1 aliphatic heterocycles. The molecule has 5 nitrogen and oxygen atoms in total. The van der Waals surface area contributed by atoms with Gasteiger partial charge in [0.25, 0.3) is 10.1 Å². The maximum atomic E-state index is 12.0. The van der Waals surface area contributed by atoms with Gasteiger partial charge in [0.2, 0.25) is 0 Å². The third kappa shape index (κ3) is 4.78. The average Bonchev–Trinajstić information content (AvgIpc) is 2.75. The van der Waals surface area contributed by atoms with Crippen molar-refractivity contribution in [1.29, 1.82) is 0 Å². The van der Waals surface area contributed by atoms with Crippen LogP contribution in [0.4, 0.5) is 0 Å². The van der Waals surface area contributed by atoms with Crippen LogP contribution in [0.3, 0.4) is 0 Å². The summed E-state index contributed by atoms with van der Waals surface area (Å²) in [5.74, 6) is -0.542. The normalized spacial score (nSPS) is 21.6. The molecular formula is C15H22O5S. The second kappa shape index (κ2) is 6.44. The Kier molecular flexibility index (Phi) is 5.03. The molecule has 6 heteroatoms. The number of aryl methyl sites for hydroxylation is 1. The van der Waals surface area contributed by atoms with Gasteiger partial charge in [0.05, 0.1) is 24.2 Å². The SMILES string of the molecule is Cc1ccc(S(=O)(=O)OCCCC2COC(C)(C)O2)cc1. The molecule has 118 valence electrons. The third-order valence-corrected chi connectivity index (χ3v) is 4.61. The fraction of sp³-hybridized carbons (Fsp3) is 0.600. The van der Waals surface area contributed by atoms with E-state index in [9.17, 15) is 8.42 Å². The fourth-order valence-electron chi connectivity index (χ4n) is 2.16. The Labute approximate surface area is 126 Å². The first-order chi connectivity index (χ1) is 9.78. The van der Waals surface area contributed by atoms with Crippen LogP contribution in [-0.2, 0) is 23.8 Å². The highest BCUT2D eigenvalue weighted by Gasteiger charge is 2.32. The second-order valence-corrected chi connectivity index (χ2v) is 7.30. The lowest BCUT2D eigenvalue weighted by Crippen LogP contribution is -2.21. The van der Waals surface area contributed by atoms with Crippen LogP contribution >= 0.6 is 0 Å². The molecule has 0 spiro atoms. The Morgan fingerprint density at radius 2 is 1.95 bits per heavy atom. The van der Waals surface area contributed by atoms with Crippen LogP contribution in [0.15, 0.2) is 29.2 Å². The molecule has 1 aromatic rings. The summed E-state index contributed by atoms with van der Waals surface area (Å²) in [7, 11) is -3.67. The molecule has 1 heterocycles. The largest absolute Gasteiger partial charge is 0.348 e. The van der Waals surface area contributed by atoms with Gasteiger partial charge in [-0.05, 0) is 45.7 Å². The van der Waals surface area contributed by atoms with Crippen LogP contribution in [0.1, 0.15) is 32.3 Å². The van der Waals surface area contributed by atoms with E-state index < -0.39 is 15.9 Å². The van der Waals surface area contributed by atoms with Crippen molar-refractivity contribution in [3.63, 3.8) is 0 Å². The van der Waals surface area contributed by atoms with E-state index in [2.05, 4.69) is 0 Å². The minimum absolute atomic E-state index is 0.00526. The van der Waals surface area contributed by atoms with Crippen LogP contribution in [0.25, 0.3) is 0 Å². The van der Waals surface area contributed by atoms with Gasteiger partial charge in [-0.2, -0.15) is 8.42 Å². The molecule has 0 aromatic heterocycles. The molecule has 1 fully saturated rings. The Hall–Kier alpha value is -0.950. The zero-order valence-corrected chi connectivity index (χ0v) is 13.5. The van der Waals surface area contributed by atoms with Gasteiger partial charge in [0.1, 0.15) is 0 Å². The Morgan fingerprint density at radius 3 is 2.52 bits per heavy atom. The van der Waals surface area contributed by atoms with Crippen molar-refractivity contribution >= 4 is 10.1 Å². The third-order valence-electron chi connectivity index (χ3n) is 3.29. The topological polar surface area (TPSA) is 61.8 Å². The van der Waals surface area contributed by atoms with E-state index >= 15 is 0 Å². The number of hydrogen-bond donors (Lipinski definition) is 0. The standard InChI is InChI=1S/C15H22O5S/c1-12-6-8-14(9-7-12)21(16,17)19-10-4-5-13-11-18-15(2,3)20-13/h6-9,13H,4-5,10-11H2,1-3H3. The van der Waals surface area contributed by atoms with Gasteiger partial charge in [-0.25, -0.2) is 0 Å². The summed E-state index contributed by atoms with van der Waals surface area (Å²) < 4.78 is 40.1. The molecule has 0 bridgehead atoms. The lowest BCUT2D eigenvalue weighted by molar-refractivity contribution is -0.139. The Balaban J connectivity index is 1.76. The summed E-state index contributed by atoms with van der Waals surface area (Å²) in [6.45, 7) is 6.33. The second-order valence-electron chi connectivity index (χ2n) is 5.68. The van der Waals surface area contributed by atoms with Gasteiger partial charge < -0.3 is 9.47 Å². The Morgan fingerprint density at radius 1 is 1.29 bits per heavy atom. The molecule has 21 heavy (non-hydrogen) atoms. The summed E-state index contributed by atoms with van der Waals surface area (Å²) in [6, 6.07) is 6.62. The summed E-state index contributed by atoms with van der Waals surface area (Å²) >= 11 is 0. The molecule has 2 rings (SSSR count). The summed E-state index contributed by atoms with van der Waals surface area (Å²) in [4.78, 5) is 0.190. The minimum Gasteiger partial charge on any atom is -0.348 e. The van der Waals surface area contributed by atoms with Crippen LogP contribution in [0.5, 0.6) is 0 Å². The fourth-order valence-corrected chi connectivity index (χ4v) is 3.10. The zero-order chi connectivity index (χ0) is 15.5. The van der Waals surface area contributed by atoms with Crippen LogP contribution in [-0.4, -0.2) is 33.5 Å². The van der Waals surface area contributed by atoms with Crippen molar-refractivity contribution in [2.75, 3.05) is 13.2 Å². The quantitative estimate of drug-likeness (QED) is 0.596. The van der Waals surface area contributed by atoms with Crippen molar-refractivity contribution in [2.45, 2.75) is 50.4 Å². The average molecular weight is 314 g/mol. The van der Waals surface area contributed by atoms with Gasteiger partial charge in [-0.3, -0.25) is 4.18 Å². The van der Waals surface area contributed by atoms with Crippen LogP contribution in [0, 0.1) is 6.92 Å². The van der Waals surface area contributed by atoms with E-state index in [0.29, 0.717) is 19.4 Å². The van der Waals surface area contributed by atoms with Crippen molar-refractivity contribution in [2.24, 2.45) is 0 Å². The highest BCUT2D eigenvalue weighted by molar-refractivity contribution is 7.86. The smallest absolute Gasteiger partial charge is 0.296 e. The van der Waals surface area contributed by atoms with Crippen molar-refractivity contribution < 1.29 is 22.1 Å². The lowest BCUT2D eigenvalue weighted by Gasteiger charge is -2.16. The van der Waals surface area contributed by atoms with Gasteiger partial charge in [-0.15, -0.1) is 0 Å². The molecule has 1 saturated heterocycles. The van der Waals surface area contributed by atoms with Gasteiger partial charge in [0, 0.05) is 0 Å². The number of benzene rings is 1. The number of hydrogen-bond acceptors (Lipinski definition) is 5. The van der Waals surface area contributed by atoms with Crippen molar-refractivity contribution in [3.05, 3.63) is 29.8 Å². The van der Waals surface area contributed by atoms with Gasteiger partial charge in [-0.1, -0.05) is 17.7 Å². The maximum absolute atomic E-state index is 12.0. The molecule has 1 atom stereocenters. The molecule has 0 radical (unpaired) electrons. The predicted molar refractivity (Wildman–Crippen MR) is 78.5 cm³/mol. The van der Waals surface area contributed by atoms with E-state index in [4.69, 9.17) is 13.7 Å². The first-order valence-corrected chi connectivity index (χ1v) is 8.47. The molecule has 0 aliphatic carbocycles. The minimum atomic E-state index is -3.67. The highest BCUT2D eigenvalue weighted by Crippen LogP contribution is 2.25. The molecule has 0 amide bonds. The molecule has 0 N–H and O–H groups in total. The van der Waals surface area contributed by atoms with E-state index in [1.54, 1.807) is 24.3 Å². The zero-order valence-electron chi connectivity index (χ0n) is 12.7. The predicted octanol–water partition coefficient (Wildman–Crippen LogP) is 2.63. The van der Waals surface area contributed by atoms with E-state index in [0.717, 1.165) is 5.56 Å². The monoisotopic (exact) mass is 314 g/mol. The van der Waals surface area contributed by atoms with Gasteiger partial charge in [0.15, 0.2) is 5.79 Å². The van der Waals surface area contributed by atoms with Crippen molar-refractivity contribution in [3.8, 4) is 0 Å². The first kappa shape index (κ1) is 16.4. The van der Waals surface area contributed by atoms with Gasteiger partial charge >= 0.3 is 0 Å². The number of rotatable bonds is 6. The van der Waals surface area contributed by atoms with Crippen molar-refractivity contribution in [1.82, 2.24) is 0 Å². The first-order valence-electron chi connectivity index (χ1n) is 7.06. The van der Waals surface area contributed by atoms with E-state index in [-0.39, 0.29) is 17.6 Å². The summed E-state index contributed by atoms with van der Waals surface area (Å²) in [5.41, 5.74) is 1.01. The number of ether oxygens (including phenoxy) is 2. The lowest BCUT2D eigenvalue weighted by atomic mass is 10.2. The molecule has 1 aromatic carbocycles. The molecule has 1 aliphatic rings. The molecule has 1 unspecified atom stereocenters. The Bertz CT molecular complexity index is 562. The van der Waals surface area contributed by atoms with Crippen LogP contribution < -0.4 is 0 Å². The highest BCUT2D eigenvalue weighted by atomic mass is 32.2. The summed E-state index contributed by atoms with van der Waals surface area (Å²) in [5, 5.41) is 0. The van der Waals surface area contributed by atoms with E-state index in [1.807, 2.05) is 20.8 Å². The maximum Gasteiger partial charge on any atom is 0.296 e. The van der Waals surface area contributed by atoms with E-state index in [1.165, 1.54) is 0 Å². The molecular weight excluding hydrogens is 292 g/mol. The summed E-state index contributed by atoms with van der Waals surface area (Å²) in [6.07, 6.45) is 1.33. The van der Waals surface area contributed by atoms with Crippen LogP contribution in [0.2, 0.25) is 0 Å².